The summed E-state index contributed by atoms with van der Waals surface area (Å²) in [4.78, 5) is 17.7. The smallest absolute Gasteiger partial charge is 0.267 e. The fourth-order valence-electron chi connectivity index (χ4n) is 1.31. The second kappa shape index (κ2) is 4.13. The summed E-state index contributed by atoms with van der Waals surface area (Å²) in [5.41, 5.74) is -0.145. The van der Waals surface area contributed by atoms with Crippen molar-refractivity contribution in [1.29, 1.82) is 0 Å². The number of nitrogens with zero attached hydrogens (tertiary/aromatic N) is 1. The second-order valence-corrected chi connectivity index (χ2v) is 4.35. The average Bonchev–Trinajstić information content (AvgIpc) is 2.96. The average molecular weight is 258 g/mol. The molecule has 1 aliphatic rings. The first-order valence-corrected chi connectivity index (χ1v) is 5.53. The zero-order valence-electron chi connectivity index (χ0n) is 7.72. The van der Waals surface area contributed by atoms with Crippen LogP contribution in [0.2, 0.25) is 0 Å². The third-order valence-electron chi connectivity index (χ3n) is 2.34. The van der Waals surface area contributed by atoms with Crippen LogP contribution >= 0.6 is 15.9 Å². The van der Waals surface area contributed by atoms with Crippen molar-refractivity contribution in [2.24, 2.45) is 5.92 Å². The van der Waals surface area contributed by atoms with Crippen LogP contribution in [0.25, 0.3) is 0 Å². The van der Waals surface area contributed by atoms with E-state index in [0.29, 0.717) is 10.3 Å². The molecular formula is C9H12BrN3O. The SMILES string of the molecule is O=c1[nH]cnc(NCCC2CC2)c1Br. The molecule has 5 heteroatoms. The van der Waals surface area contributed by atoms with Crippen molar-refractivity contribution in [2.75, 3.05) is 11.9 Å². The number of H-pyrrole nitrogens is 1. The highest BCUT2D eigenvalue weighted by Crippen LogP contribution is 2.32. The lowest BCUT2D eigenvalue weighted by Crippen LogP contribution is -2.13. The van der Waals surface area contributed by atoms with Gasteiger partial charge in [-0.3, -0.25) is 4.79 Å². The molecule has 0 amide bonds. The number of halogens is 1. The third kappa shape index (κ3) is 2.35. The molecule has 0 spiro atoms. The molecule has 1 heterocycles. The summed E-state index contributed by atoms with van der Waals surface area (Å²) in [5.74, 6) is 1.53. The molecule has 1 aromatic heterocycles. The van der Waals surface area contributed by atoms with Crippen LogP contribution in [0.15, 0.2) is 15.6 Å². The third-order valence-corrected chi connectivity index (χ3v) is 3.07. The molecule has 0 aliphatic heterocycles. The van der Waals surface area contributed by atoms with Gasteiger partial charge in [-0.05, 0) is 28.3 Å². The number of anilines is 1. The molecule has 0 unspecified atom stereocenters. The van der Waals surface area contributed by atoms with E-state index < -0.39 is 0 Å². The molecular weight excluding hydrogens is 246 g/mol. The molecule has 0 saturated heterocycles. The Bertz CT molecular complexity index is 373. The molecule has 0 aromatic carbocycles. The Kier molecular flexibility index (Phi) is 2.86. The van der Waals surface area contributed by atoms with Crippen LogP contribution in [-0.4, -0.2) is 16.5 Å². The van der Waals surface area contributed by atoms with E-state index in [1.165, 1.54) is 25.6 Å². The molecule has 1 saturated carbocycles. The molecule has 1 aliphatic carbocycles. The Hall–Kier alpha value is -0.840. The Balaban J connectivity index is 1.93. The zero-order chi connectivity index (χ0) is 9.97. The molecule has 2 N–H and O–H groups in total. The molecule has 0 radical (unpaired) electrons. The van der Waals surface area contributed by atoms with Crippen molar-refractivity contribution in [1.82, 2.24) is 9.97 Å². The maximum Gasteiger partial charge on any atom is 0.267 e. The highest BCUT2D eigenvalue weighted by molar-refractivity contribution is 9.10. The van der Waals surface area contributed by atoms with E-state index >= 15 is 0 Å². The molecule has 76 valence electrons. The summed E-state index contributed by atoms with van der Waals surface area (Å²) in [6, 6.07) is 0. The van der Waals surface area contributed by atoms with E-state index in [0.717, 1.165) is 12.5 Å². The van der Waals surface area contributed by atoms with Crippen molar-refractivity contribution in [2.45, 2.75) is 19.3 Å². The minimum absolute atomic E-state index is 0.145. The minimum Gasteiger partial charge on any atom is -0.369 e. The van der Waals surface area contributed by atoms with Crippen LogP contribution in [0, 0.1) is 5.92 Å². The van der Waals surface area contributed by atoms with Gasteiger partial charge in [-0.25, -0.2) is 4.98 Å². The largest absolute Gasteiger partial charge is 0.369 e. The van der Waals surface area contributed by atoms with Crippen LogP contribution in [0.4, 0.5) is 5.82 Å². The quantitative estimate of drug-likeness (QED) is 0.864. The van der Waals surface area contributed by atoms with Gasteiger partial charge < -0.3 is 10.3 Å². The van der Waals surface area contributed by atoms with Gasteiger partial charge in [-0.2, -0.15) is 0 Å². The monoisotopic (exact) mass is 257 g/mol. The van der Waals surface area contributed by atoms with E-state index in [4.69, 9.17) is 0 Å². The first-order valence-electron chi connectivity index (χ1n) is 4.74. The van der Waals surface area contributed by atoms with Crippen molar-refractivity contribution >= 4 is 21.7 Å². The fourth-order valence-corrected chi connectivity index (χ4v) is 1.66. The van der Waals surface area contributed by atoms with Gasteiger partial charge in [0.05, 0.1) is 6.33 Å². The summed E-state index contributed by atoms with van der Waals surface area (Å²) < 4.78 is 0.482. The maximum atomic E-state index is 11.2. The molecule has 1 fully saturated rings. The number of hydrogen-bond acceptors (Lipinski definition) is 3. The van der Waals surface area contributed by atoms with E-state index in [2.05, 4.69) is 31.2 Å². The Morgan fingerprint density at radius 1 is 1.64 bits per heavy atom. The van der Waals surface area contributed by atoms with Crippen LogP contribution < -0.4 is 10.9 Å². The molecule has 4 nitrogen and oxygen atoms in total. The van der Waals surface area contributed by atoms with Gasteiger partial charge in [-0.1, -0.05) is 12.8 Å². The summed E-state index contributed by atoms with van der Waals surface area (Å²) >= 11 is 3.19. The summed E-state index contributed by atoms with van der Waals surface area (Å²) in [5, 5.41) is 3.15. The van der Waals surface area contributed by atoms with Crippen molar-refractivity contribution in [3.05, 3.63) is 21.2 Å². The fraction of sp³-hybridized carbons (Fsp3) is 0.556. The zero-order valence-corrected chi connectivity index (χ0v) is 9.30. The lowest BCUT2D eigenvalue weighted by molar-refractivity contribution is 0.757. The Morgan fingerprint density at radius 3 is 3.14 bits per heavy atom. The highest BCUT2D eigenvalue weighted by Gasteiger charge is 2.20. The van der Waals surface area contributed by atoms with Crippen LogP contribution in [0.1, 0.15) is 19.3 Å². The van der Waals surface area contributed by atoms with E-state index in [9.17, 15) is 4.79 Å². The maximum absolute atomic E-state index is 11.2. The minimum atomic E-state index is -0.145. The molecule has 14 heavy (non-hydrogen) atoms. The van der Waals surface area contributed by atoms with Gasteiger partial charge in [0.2, 0.25) is 0 Å². The lowest BCUT2D eigenvalue weighted by atomic mass is 10.3. The first-order chi connectivity index (χ1) is 6.77. The molecule has 1 aromatic rings. The second-order valence-electron chi connectivity index (χ2n) is 3.55. The summed E-state index contributed by atoms with van der Waals surface area (Å²) in [6.07, 6.45) is 5.28. The summed E-state index contributed by atoms with van der Waals surface area (Å²) in [6.45, 7) is 0.889. The molecule has 0 atom stereocenters. The predicted octanol–water partition coefficient (Wildman–Crippen LogP) is 1.74. The van der Waals surface area contributed by atoms with Gasteiger partial charge >= 0.3 is 0 Å². The van der Waals surface area contributed by atoms with Gasteiger partial charge in [-0.15, -0.1) is 0 Å². The van der Waals surface area contributed by atoms with Crippen LogP contribution in [0.5, 0.6) is 0 Å². The Labute approximate surface area is 90.3 Å². The van der Waals surface area contributed by atoms with Gasteiger partial charge in [0.15, 0.2) is 0 Å². The lowest BCUT2D eigenvalue weighted by Gasteiger charge is -2.05. The number of nitrogens with one attached hydrogen (secondary N) is 2. The van der Waals surface area contributed by atoms with Crippen molar-refractivity contribution < 1.29 is 0 Å². The standard InChI is InChI=1S/C9H12BrN3O/c10-7-8(12-5-13-9(7)14)11-4-3-6-1-2-6/h5-6H,1-4H2,(H2,11,12,13,14). The number of aromatic amines is 1. The van der Waals surface area contributed by atoms with Gasteiger partial charge in [0.25, 0.3) is 5.56 Å². The van der Waals surface area contributed by atoms with E-state index in [1.54, 1.807) is 0 Å². The van der Waals surface area contributed by atoms with Crippen LogP contribution in [-0.2, 0) is 0 Å². The number of hydrogen-bond donors (Lipinski definition) is 2. The topological polar surface area (TPSA) is 57.8 Å². The van der Waals surface area contributed by atoms with Crippen LogP contribution in [0.3, 0.4) is 0 Å². The predicted molar refractivity (Wildman–Crippen MR) is 58.4 cm³/mol. The van der Waals surface area contributed by atoms with Crippen molar-refractivity contribution in [3.63, 3.8) is 0 Å². The van der Waals surface area contributed by atoms with Gasteiger partial charge in [0.1, 0.15) is 10.3 Å². The highest BCUT2D eigenvalue weighted by atomic mass is 79.9. The van der Waals surface area contributed by atoms with Crippen molar-refractivity contribution in [3.8, 4) is 0 Å². The number of aromatic nitrogens is 2. The first kappa shape index (κ1) is 9.71. The Morgan fingerprint density at radius 2 is 2.43 bits per heavy atom. The normalized spacial score (nSPS) is 15.5. The molecule has 2 rings (SSSR count). The van der Waals surface area contributed by atoms with Gasteiger partial charge in [0, 0.05) is 6.54 Å². The summed E-state index contributed by atoms with van der Waals surface area (Å²) in [7, 11) is 0. The van der Waals surface area contributed by atoms with E-state index in [1.807, 2.05) is 0 Å². The van der Waals surface area contributed by atoms with E-state index in [-0.39, 0.29) is 5.56 Å². The molecule has 0 bridgehead atoms. The number of rotatable bonds is 4.